The molecule has 1 aromatic rings. The van der Waals surface area contributed by atoms with E-state index >= 15 is 0 Å². The molecule has 1 rings (SSSR count). The molecule has 0 spiro atoms. The van der Waals surface area contributed by atoms with Gasteiger partial charge in [-0.15, -0.1) is 0 Å². The number of rotatable bonds is 6. The average Bonchev–Trinajstić information content (AvgIpc) is 2.32. The number of hydrazone groups is 1. The van der Waals surface area contributed by atoms with Gasteiger partial charge in [-0.3, -0.25) is 0 Å². The van der Waals surface area contributed by atoms with Crippen molar-refractivity contribution in [3.05, 3.63) is 39.9 Å². The highest BCUT2D eigenvalue weighted by Crippen LogP contribution is 2.25. The van der Waals surface area contributed by atoms with Crippen LogP contribution in [0.15, 0.2) is 29.4 Å². The molecule has 1 N–H and O–H groups in total. The molecule has 0 radical (unpaired) electrons. The topological polar surface area (TPSA) is 86.0 Å². The Bertz CT molecular complexity index is 404. The van der Waals surface area contributed by atoms with E-state index in [-0.39, 0.29) is 0 Å². The highest BCUT2D eigenvalue weighted by molar-refractivity contribution is 5.54. The number of benzene rings is 1. The lowest BCUT2D eigenvalue weighted by Gasteiger charge is -2.15. The van der Waals surface area contributed by atoms with Crippen molar-refractivity contribution in [2.45, 2.75) is 6.29 Å². The van der Waals surface area contributed by atoms with Gasteiger partial charge in [-0.1, -0.05) is 18.2 Å². The number of ether oxygens (including phenoxy) is 2. The molecular weight excluding hydrogens is 226 g/mol. The molecule has 0 saturated heterocycles. The summed E-state index contributed by atoms with van der Waals surface area (Å²) in [5, 5.41) is 13.6. The largest absolute Gasteiger partial charge is 0.358 e. The molecule has 0 aliphatic heterocycles. The lowest BCUT2D eigenvalue weighted by molar-refractivity contribution is -0.339. The minimum absolute atomic E-state index is 0.551. The number of nitrogens with one attached hydrogen (secondary N) is 1. The van der Waals surface area contributed by atoms with Crippen molar-refractivity contribution in [1.29, 1.82) is 0 Å². The first kappa shape index (κ1) is 13.1. The predicted molar refractivity (Wildman–Crippen MR) is 62.3 cm³/mol. The maximum Gasteiger partial charge on any atom is 0.352 e. The number of para-hydroxylation sites is 1. The fraction of sp³-hybridized carbons (Fsp3) is 0.300. The number of anilines is 1. The van der Waals surface area contributed by atoms with Crippen LogP contribution in [0.2, 0.25) is 0 Å². The van der Waals surface area contributed by atoms with Crippen molar-refractivity contribution in [1.82, 2.24) is 0 Å². The summed E-state index contributed by atoms with van der Waals surface area (Å²) >= 11 is 0. The minimum atomic E-state index is -0.653. The Morgan fingerprint density at radius 1 is 1.41 bits per heavy atom. The van der Waals surface area contributed by atoms with Gasteiger partial charge in [0.15, 0.2) is 6.29 Å². The summed E-state index contributed by atoms with van der Waals surface area (Å²) in [6.45, 7) is 0. The van der Waals surface area contributed by atoms with Crippen LogP contribution in [0.4, 0.5) is 5.69 Å². The van der Waals surface area contributed by atoms with E-state index in [0.29, 0.717) is 17.6 Å². The standard InChI is InChI=1S/C10H13N3O4/c1-16-10(17-2)8-5-3-4-6-9(8)12-11-7-13(14)15/h3-7,10,12H,1-2H3/b11-7+. The van der Waals surface area contributed by atoms with Crippen molar-refractivity contribution in [3.63, 3.8) is 0 Å². The molecule has 0 saturated carbocycles. The van der Waals surface area contributed by atoms with Crippen LogP contribution in [0.3, 0.4) is 0 Å². The first-order valence-corrected chi connectivity index (χ1v) is 4.76. The van der Waals surface area contributed by atoms with Crippen molar-refractivity contribution >= 4 is 12.0 Å². The molecule has 1 aromatic carbocycles. The van der Waals surface area contributed by atoms with Crippen LogP contribution in [-0.2, 0) is 9.47 Å². The molecule has 92 valence electrons. The summed E-state index contributed by atoms with van der Waals surface area (Å²) in [6.07, 6.45) is 0.0234. The third kappa shape index (κ3) is 3.82. The highest BCUT2D eigenvalue weighted by atomic mass is 16.7. The third-order valence-electron chi connectivity index (χ3n) is 1.98. The van der Waals surface area contributed by atoms with Gasteiger partial charge in [0.05, 0.1) is 5.69 Å². The Morgan fingerprint density at radius 2 is 2.06 bits per heavy atom. The van der Waals surface area contributed by atoms with E-state index in [9.17, 15) is 10.1 Å². The molecule has 0 aliphatic rings. The fourth-order valence-corrected chi connectivity index (χ4v) is 1.30. The molecule has 17 heavy (non-hydrogen) atoms. The zero-order chi connectivity index (χ0) is 12.7. The summed E-state index contributed by atoms with van der Waals surface area (Å²) in [5.41, 5.74) is 3.85. The van der Waals surface area contributed by atoms with E-state index in [1.165, 1.54) is 14.2 Å². The molecule has 0 aliphatic carbocycles. The van der Waals surface area contributed by atoms with Gasteiger partial charge in [-0.2, -0.15) is 5.43 Å². The second-order valence-corrected chi connectivity index (χ2v) is 3.03. The second kappa shape index (κ2) is 6.56. The first-order valence-electron chi connectivity index (χ1n) is 4.76. The number of hydrogen-bond donors (Lipinski definition) is 1. The Labute approximate surface area is 98.2 Å². The molecule has 7 heteroatoms. The van der Waals surface area contributed by atoms with Gasteiger partial charge in [0.25, 0.3) is 0 Å². The van der Waals surface area contributed by atoms with Gasteiger partial charge in [0.1, 0.15) is 0 Å². The normalized spacial score (nSPS) is 11.0. The van der Waals surface area contributed by atoms with Crippen LogP contribution in [0.1, 0.15) is 11.9 Å². The van der Waals surface area contributed by atoms with Crippen LogP contribution in [-0.4, -0.2) is 25.5 Å². The summed E-state index contributed by atoms with van der Waals surface area (Å²) in [6, 6.07) is 7.08. The number of nitrogens with zero attached hydrogens (tertiary/aromatic N) is 2. The Balaban J connectivity index is 2.87. The lowest BCUT2D eigenvalue weighted by atomic mass is 10.2. The maximum absolute atomic E-state index is 10.1. The lowest BCUT2D eigenvalue weighted by Crippen LogP contribution is -2.07. The van der Waals surface area contributed by atoms with Crippen LogP contribution in [0.25, 0.3) is 0 Å². The van der Waals surface area contributed by atoms with Crippen molar-refractivity contribution in [2.24, 2.45) is 5.10 Å². The smallest absolute Gasteiger partial charge is 0.352 e. The monoisotopic (exact) mass is 239 g/mol. The molecule has 0 atom stereocenters. The Hall–Kier alpha value is -1.99. The number of nitro groups is 1. The van der Waals surface area contributed by atoms with E-state index in [1.807, 2.05) is 6.07 Å². The Morgan fingerprint density at radius 3 is 2.65 bits per heavy atom. The van der Waals surface area contributed by atoms with Crippen LogP contribution < -0.4 is 5.43 Å². The summed E-state index contributed by atoms with van der Waals surface area (Å²) in [4.78, 5) is 9.43. The molecule has 0 bridgehead atoms. The third-order valence-corrected chi connectivity index (χ3v) is 1.98. The SMILES string of the molecule is COC(OC)c1ccccc1N/N=C/[N+](=O)[O-]. The van der Waals surface area contributed by atoms with Crippen molar-refractivity contribution < 1.29 is 14.4 Å². The fourth-order valence-electron chi connectivity index (χ4n) is 1.30. The first-order chi connectivity index (χ1) is 8.19. The summed E-state index contributed by atoms with van der Waals surface area (Å²) in [7, 11) is 3.01. The zero-order valence-corrected chi connectivity index (χ0v) is 9.49. The predicted octanol–water partition coefficient (Wildman–Crippen LogP) is 1.61. The van der Waals surface area contributed by atoms with Gasteiger partial charge >= 0.3 is 6.34 Å². The molecule has 0 heterocycles. The Kier molecular flexibility index (Phi) is 5.05. The van der Waals surface area contributed by atoms with Gasteiger partial charge in [-0.05, 0) is 11.0 Å². The van der Waals surface area contributed by atoms with Crippen LogP contribution in [0.5, 0.6) is 0 Å². The van der Waals surface area contributed by atoms with Gasteiger partial charge in [-0.25, -0.2) is 0 Å². The van der Waals surface area contributed by atoms with E-state index in [2.05, 4.69) is 10.5 Å². The summed E-state index contributed by atoms with van der Waals surface area (Å²) < 4.78 is 10.2. The minimum Gasteiger partial charge on any atom is -0.358 e. The van der Waals surface area contributed by atoms with Gasteiger partial charge in [0, 0.05) is 24.9 Å². The highest BCUT2D eigenvalue weighted by Gasteiger charge is 2.13. The zero-order valence-electron chi connectivity index (χ0n) is 9.49. The number of methoxy groups -OCH3 is 2. The molecule has 0 unspecified atom stereocenters. The average molecular weight is 239 g/mol. The van der Waals surface area contributed by atoms with Crippen LogP contribution >= 0.6 is 0 Å². The summed E-state index contributed by atoms with van der Waals surface area (Å²) in [5.74, 6) is 0. The molecule has 0 amide bonds. The van der Waals surface area contributed by atoms with E-state index in [1.54, 1.807) is 18.2 Å². The second-order valence-electron chi connectivity index (χ2n) is 3.03. The van der Waals surface area contributed by atoms with Crippen molar-refractivity contribution in [3.8, 4) is 0 Å². The molecule has 0 aromatic heterocycles. The molecule has 7 nitrogen and oxygen atoms in total. The van der Waals surface area contributed by atoms with E-state index < -0.39 is 11.2 Å². The molecule has 0 fully saturated rings. The van der Waals surface area contributed by atoms with Crippen LogP contribution in [0, 0.1) is 10.1 Å². The van der Waals surface area contributed by atoms with Gasteiger partial charge < -0.3 is 19.6 Å². The van der Waals surface area contributed by atoms with Gasteiger partial charge in [0.2, 0.25) is 0 Å². The quantitative estimate of drug-likeness (QED) is 0.268. The maximum atomic E-state index is 10.1. The van der Waals surface area contributed by atoms with E-state index in [4.69, 9.17) is 9.47 Å². The van der Waals surface area contributed by atoms with Crippen molar-refractivity contribution in [2.75, 3.05) is 19.6 Å². The number of hydrogen-bond acceptors (Lipinski definition) is 6. The van der Waals surface area contributed by atoms with E-state index in [0.717, 1.165) is 0 Å². The molecular formula is C10H13N3O4.